The van der Waals surface area contributed by atoms with Gasteiger partial charge in [-0.3, -0.25) is 4.79 Å². The van der Waals surface area contributed by atoms with Gasteiger partial charge in [-0.15, -0.1) is 0 Å². The molecule has 0 aromatic heterocycles. The van der Waals surface area contributed by atoms with Crippen LogP contribution in [0.15, 0.2) is 16.5 Å². The third kappa shape index (κ3) is 4.28. The highest BCUT2D eigenvalue weighted by Crippen LogP contribution is 2.38. The molecule has 5 heteroatoms. The number of nitrogens with zero attached hydrogens (tertiary/aromatic N) is 1. The van der Waals surface area contributed by atoms with Crippen molar-refractivity contribution in [1.29, 1.82) is 0 Å². The number of hydrogen-bond donors (Lipinski definition) is 1. The van der Waals surface area contributed by atoms with Crippen LogP contribution in [0.4, 0.5) is 0 Å². The SMILES string of the molecule is CCC/C(=N\OCC)C1=C(O)CC(C2CCCSC2)CC1=O. The lowest BCUT2D eigenvalue weighted by Gasteiger charge is -2.32. The molecule has 0 amide bonds. The molecule has 1 N–H and O–H groups in total. The Morgan fingerprint density at radius 2 is 2.18 bits per heavy atom. The maximum Gasteiger partial charge on any atom is 0.168 e. The van der Waals surface area contributed by atoms with Crippen molar-refractivity contribution in [3.8, 4) is 0 Å². The predicted molar refractivity (Wildman–Crippen MR) is 91.4 cm³/mol. The molecular formula is C17H27NO3S. The van der Waals surface area contributed by atoms with Crippen molar-refractivity contribution < 1.29 is 14.7 Å². The highest BCUT2D eigenvalue weighted by Gasteiger charge is 2.35. The van der Waals surface area contributed by atoms with Crippen LogP contribution in [0.25, 0.3) is 0 Å². The predicted octanol–water partition coefficient (Wildman–Crippen LogP) is 4.11. The molecule has 22 heavy (non-hydrogen) atoms. The number of carbonyl (C=O) groups excluding carboxylic acids is 1. The molecule has 1 saturated heterocycles. The molecular weight excluding hydrogens is 298 g/mol. The number of hydrogen-bond acceptors (Lipinski definition) is 5. The zero-order valence-corrected chi connectivity index (χ0v) is 14.5. The number of rotatable bonds is 6. The second-order valence-corrected chi connectivity index (χ2v) is 7.25. The summed E-state index contributed by atoms with van der Waals surface area (Å²) in [6.45, 7) is 4.37. The lowest BCUT2D eigenvalue weighted by atomic mass is 9.76. The minimum atomic E-state index is 0.0382. The number of oxime groups is 1. The van der Waals surface area contributed by atoms with Gasteiger partial charge in [0.2, 0.25) is 0 Å². The van der Waals surface area contributed by atoms with Gasteiger partial charge >= 0.3 is 0 Å². The fourth-order valence-electron chi connectivity index (χ4n) is 3.32. The van der Waals surface area contributed by atoms with Gasteiger partial charge in [-0.2, -0.15) is 11.8 Å². The monoisotopic (exact) mass is 325 g/mol. The quantitative estimate of drug-likeness (QED) is 0.589. The summed E-state index contributed by atoms with van der Waals surface area (Å²) in [5, 5.41) is 14.5. The van der Waals surface area contributed by atoms with Crippen LogP contribution in [0.5, 0.6) is 0 Å². The Morgan fingerprint density at radius 3 is 2.77 bits per heavy atom. The van der Waals surface area contributed by atoms with Gasteiger partial charge < -0.3 is 9.94 Å². The summed E-state index contributed by atoms with van der Waals surface area (Å²) >= 11 is 1.97. The second-order valence-electron chi connectivity index (χ2n) is 6.10. The molecule has 1 heterocycles. The molecule has 0 aromatic rings. The zero-order valence-electron chi connectivity index (χ0n) is 13.6. The van der Waals surface area contributed by atoms with Gasteiger partial charge in [0.15, 0.2) is 5.78 Å². The molecule has 2 rings (SSSR count). The van der Waals surface area contributed by atoms with E-state index < -0.39 is 0 Å². The Labute approximate surface area is 137 Å². The van der Waals surface area contributed by atoms with Crippen LogP contribution >= 0.6 is 11.8 Å². The van der Waals surface area contributed by atoms with Gasteiger partial charge in [0.05, 0.1) is 11.3 Å². The average molecular weight is 325 g/mol. The lowest BCUT2D eigenvalue weighted by Crippen LogP contribution is -2.30. The molecule has 0 aromatic carbocycles. The van der Waals surface area contributed by atoms with E-state index >= 15 is 0 Å². The summed E-state index contributed by atoms with van der Waals surface area (Å²) in [6, 6.07) is 0. The molecule has 1 aliphatic heterocycles. The summed E-state index contributed by atoms with van der Waals surface area (Å²) in [5.41, 5.74) is 1.04. The fourth-order valence-corrected chi connectivity index (χ4v) is 4.60. The van der Waals surface area contributed by atoms with E-state index in [1.165, 1.54) is 18.6 Å². The van der Waals surface area contributed by atoms with Gasteiger partial charge in [-0.05, 0) is 49.5 Å². The van der Waals surface area contributed by atoms with E-state index in [2.05, 4.69) is 5.16 Å². The van der Waals surface area contributed by atoms with Crippen LogP contribution in [-0.2, 0) is 9.63 Å². The van der Waals surface area contributed by atoms with E-state index in [9.17, 15) is 9.90 Å². The molecule has 0 saturated carbocycles. The Kier molecular flexibility index (Phi) is 6.80. The lowest BCUT2D eigenvalue weighted by molar-refractivity contribution is -0.117. The van der Waals surface area contributed by atoms with Crippen molar-refractivity contribution in [2.45, 2.75) is 52.4 Å². The van der Waals surface area contributed by atoms with E-state index in [0.717, 1.165) is 12.2 Å². The maximum atomic E-state index is 12.6. The van der Waals surface area contributed by atoms with Crippen molar-refractivity contribution in [2.24, 2.45) is 17.0 Å². The third-order valence-corrected chi connectivity index (χ3v) is 5.65. The number of allylic oxidation sites excluding steroid dienone is 2. The van der Waals surface area contributed by atoms with E-state index in [0.29, 0.717) is 49.0 Å². The second kappa shape index (κ2) is 8.61. The summed E-state index contributed by atoms with van der Waals surface area (Å²) in [4.78, 5) is 17.7. The molecule has 4 nitrogen and oxygen atoms in total. The van der Waals surface area contributed by atoms with Gasteiger partial charge in [0.1, 0.15) is 12.4 Å². The number of carbonyl (C=O) groups is 1. The largest absolute Gasteiger partial charge is 0.511 e. The molecule has 1 fully saturated rings. The molecule has 2 atom stereocenters. The van der Waals surface area contributed by atoms with E-state index in [-0.39, 0.29) is 11.5 Å². The van der Waals surface area contributed by atoms with Crippen molar-refractivity contribution >= 4 is 23.3 Å². The molecule has 1 aliphatic carbocycles. The third-order valence-electron chi connectivity index (χ3n) is 4.41. The first-order valence-corrected chi connectivity index (χ1v) is 9.55. The number of aliphatic hydroxyl groups excluding tert-OH is 1. The fraction of sp³-hybridized carbons (Fsp3) is 0.765. The van der Waals surface area contributed by atoms with Crippen LogP contribution in [0.2, 0.25) is 0 Å². The summed E-state index contributed by atoms with van der Waals surface area (Å²) in [7, 11) is 0. The average Bonchev–Trinajstić information content (AvgIpc) is 2.52. The van der Waals surface area contributed by atoms with Gasteiger partial charge in [0, 0.05) is 12.8 Å². The highest BCUT2D eigenvalue weighted by molar-refractivity contribution is 7.99. The zero-order chi connectivity index (χ0) is 15.9. The molecule has 0 spiro atoms. The van der Waals surface area contributed by atoms with Crippen LogP contribution in [0.1, 0.15) is 52.4 Å². The van der Waals surface area contributed by atoms with Gasteiger partial charge in [-0.1, -0.05) is 18.5 Å². The minimum Gasteiger partial charge on any atom is -0.511 e. The van der Waals surface area contributed by atoms with E-state index in [1.807, 2.05) is 25.6 Å². The van der Waals surface area contributed by atoms with Crippen LogP contribution in [0, 0.1) is 11.8 Å². The molecule has 2 unspecified atom stereocenters. The maximum absolute atomic E-state index is 12.6. The van der Waals surface area contributed by atoms with E-state index in [1.54, 1.807) is 0 Å². The van der Waals surface area contributed by atoms with Gasteiger partial charge in [-0.25, -0.2) is 0 Å². The van der Waals surface area contributed by atoms with Crippen LogP contribution < -0.4 is 0 Å². The van der Waals surface area contributed by atoms with Crippen molar-refractivity contribution in [3.05, 3.63) is 11.3 Å². The van der Waals surface area contributed by atoms with Crippen molar-refractivity contribution in [2.75, 3.05) is 18.1 Å². The Hall–Kier alpha value is -0.970. The number of thioether (sulfide) groups is 1. The molecule has 124 valence electrons. The molecule has 0 bridgehead atoms. The Morgan fingerprint density at radius 1 is 1.36 bits per heavy atom. The normalized spacial score (nSPS) is 27.2. The summed E-state index contributed by atoms with van der Waals surface area (Å²) in [6.07, 6.45) is 5.10. The molecule has 2 aliphatic rings. The Bertz CT molecular complexity index is 453. The van der Waals surface area contributed by atoms with Crippen molar-refractivity contribution in [3.63, 3.8) is 0 Å². The van der Waals surface area contributed by atoms with Crippen LogP contribution in [-0.4, -0.2) is 34.7 Å². The summed E-state index contributed by atoms with van der Waals surface area (Å²) < 4.78 is 0. The van der Waals surface area contributed by atoms with Crippen LogP contribution in [0.3, 0.4) is 0 Å². The van der Waals surface area contributed by atoms with Gasteiger partial charge in [0.25, 0.3) is 0 Å². The smallest absolute Gasteiger partial charge is 0.168 e. The minimum absolute atomic E-state index is 0.0382. The highest BCUT2D eigenvalue weighted by atomic mass is 32.2. The van der Waals surface area contributed by atoms with E-state index in [4.69, 9.17) is 4.84 Å². The molecule has 0 radical (unpaired) electrons. The number of ketones is 1. The topological polar surface area (TPSA) is 58.9 Å². The first-order valence-electron chi connectivity index (χ1n) is 8.39. The first-order chi connectivity index (χ1) is 10.7. The Balaban J connectivity index is 2.15. The number of aliphatic hydroxyl groups is 1. The first kappa shape index (κ1) is 17.4. The standard InChI is InChI=1S/C17H27NO3S/c1-3-6-14(18-21-4-2)17-15(19)9-13(10-16(17)20)12-7-5-8-22-11-12/h12-13,19H,3-11H2,1-2H3/b18-14+. The summed E-state index contributed by atoms with van der Waals surface area (Å²) in [5.74, 6) is 3.46. The van der Waals surface area contributed by atoms with Crippen molar-refractivity contribution in [1.82, 2.24) is 0 Å². The number of Topliss-reactive ketones (excluding diaryl/α,β-unsaturated/α-hetero) is 1.